The third-order valence-electron chi connectivity index (χ3n) is 2.82. The second kappa shape index (κ2) is 5.59. The van der Waals surface area contributed by atoms with Crippen molar-refractivity contribution in [3.63, 3.8) is 0 Å². The average molecular weight is 257 g/mol. The van der Waals surface area contributed by atoms with Crippen molar-refractivity contribution in [3.05, 3.63) is 40.2 Å². The van der Waals surface area contributed by atoms with Gasteiger partial charge >= 0.3 is 5.63 Å². The van der Waals surface area contributed by atoms with Gasteiger partial charge in [-0.2, -0.15) is 0 Å². The van der Waals surface area contributed by atoms with Gasteiger partial charge in [-0.25, -0.2) is 4.79 Å². The molecule has 0 N–H and O–H groups in total. The highest BCUT2D eigenvalue weighted by molar-refractivity contribution is 5.78. The molecule has 0 fully saturated rings. The summed E-state index contributed by atoms with van der Waals surface area (Å²) in [7, 11) is 3.43. The van der Waals surface area contributed by atoms with Gasteiger partial charge in [-0.15, -0.1) is 6.42 Å². The van der Waals surface area contributed by atoms with Crippen molar-refractivity contribution in [1.82, 2.24) is 4.90 Å². The summed E-state index contributed by atoms with van der Waals surface area (Å²) in [4.78, 5) is 13.8. The molecule has 19 heavy (non-hydrogen) atoms. The lowest BCUT2D eigenvalue weighted by Crippen LogP contribution is -2.22. The molecule has 4 nitrogen and oxygen atoms in total. The summed E-state index contributed by atoms with van der Waals surface area (Å²) < 4.78 is 10.4. The monoisotopic (exact) mass is 257 g/mol. The lowest BCUT2D eigenvalue weighted by Gasteiger charge is -2.12. The maximum absolute atomic E-state index is 11.9. The summed E-state index contributed by atoms with van der Waals surface area (Å²) in [5, 5.41) is 0.865. The predicted octanol–water partition coefficient (Wildman–Crippen LogP) is 1.87. The SMILES string of the molecule is C#CCN(C)Cc1cc2ccc(OC)cc2oc1=O. The summed E-state index contributed by atoms with van der Waals surface area (Å²) in [6.45, 7) is 0.953. The molecule has 98 valence electrons. The predicted molar refractivity (Wildman–Crippen MR) is 74.2 cm³/mol. The largest absolute Gasteiger partial charge is 0.497 e. The van der Waals surface area contributed by atoms with Crippen LogP contribution in [0, 0.1) is 12.3 Å². The van der Waals surface area contributed by atoms with Gasteiger partial charge in [-0.3, -0.25) is 4.90 Å². The van der Waals surface area contributed by atoms with Crippen molar-refractivity contribution in [1.29, 1.82) is 0 Å². The number of methoxy groups -OCH3 is 1. The molecule has 0 amide bonds. The number of terminal acetylenes is 1. The number of ether oxygens (including phenoxy) is 1. The molecule has 0 aliphatic heterocycles. The molecular formula is C15H15NO3. The normalized spacial score (nSPS) is 10.6. The zero-order valence-corrected chi connectivity index (χ0v) is 11.0. The number of rotatable bonds is 4. The third kappa shape index (κ3) is 2.95. The number of hydrogen-bond donors (Lipinski definition) is 0. The molecular weight excluding hydrogens is 242 g/mol. The lowest BCUT2D eigenvalue weighted by atomic mass is 10.1. The Labute approximate surface area is 111 Å². The second-order valence-electron chi connectivity index (χ2n) is 4.34. The molecule has 0 spiro atoms. The molecule has 0 unspecified atom stereocenters. The Bertz CT molecular complexity index is 682. The standard InChI is InChI=1S/C15H15NO3/c1-4-7-16(2)10-12-8-11-5-6-13(18-3)9-14(11)19-15(12)17/h1,5-6,8-9H,7,10H2,2-3H3. The highest BCUT2D eigenvalue weighted by atomic mass is 16.5. The Morgan fingerprint density at radius 3 is 2.89 bits per heavy atom. The summed E-state index contributed by atoms with van der Waals surface area (Å²) in [5.41, 5.74) is 0.771. The zero-order chi connectivity index (χ0) is 13.8. The van der Waals surface area contributed by atoms with E-state index in [1.165, 1.54) is 0 Å². The minimum absolute atomic E-state index is 0.343. The van der Waals surface area contributed by atoms with Gasteiger partial charge in [0.25, 0.3) is 0 Å². The summed E-state index contributed by atoms with van der Waals surface area (Å²) in [5.74, 6) is 3.20. The quantitative estimate of drug-likeness (QED) is 0.619. The van der Waals surface area contributed by atoms with E-state index in [9.17, 15) is 4.79 Å². The van der Waals surface area contributed by atoms with Crippen molar-refractivity contribution in [2.24, 2.45) is 0 Å². The molecule has 0 radical (unpaired) electrons. The van der Waals surface area contributed by atoms with Gasteiger partial charge in [0.2, 0.25) is 0 Å². The van der Waals surface area contributed by atoms with Crippen molar-refractivity contribution in [2.75, 3.05) is 20.7 Å². The minimum atomic E-state index is -0.343. The van der Waals surface area contributed by atoms with Gasteiger partial charge in [0.15, 0.2) is 0 Å². The highest BCUT2D eigenvalue weighted by Crippen LogP contribution is 2.20. The molecule has 4 heteroatoms. The van der Waals surface area contributed by atoms with Gasteiger partial charge in [0, 0.05) is 18.0 Å². The van der Waals surface area contributed by atoms with Crippen LogP contribution in [0.2, 0.25) is 0 Å². The van der Waals surface area contributed by atoms with Gasteiger partial charge in [-0.1, -0.05) is 5.92 Å². The molecule has 1 aromatic carbocycles. The van der Waals surface area contributed by atoms with E-state index in [1.807, 2.05) is 30.1 Å². The third-order valence-corrected chi connectivity index (χ3v) is 2.82. The summed E-state index contributed by atoms with van der Waals surface area (Å²) in [6, 6.07) is 7.22. The van der Waals surface area contributed by atoms with Crippen LogP contribution in [0.3, 0.4) is 0 Å². The van der Waals surface area contributed by atoms with E-state index < -0.39 is 0 Å². The Hall–Kier alpha value is -2.25. The lowest BCUT2D eigenvalue weighted by molar-refractivity contribution is 0.361. The summed E-state index contributed by atoms with van der Waals surface area (Å²) in [6.07, 6.45) is 5.24. The van der Waals surface area contributed by atoms with Crippen LogP contribution >= 0.6 is 0 Å². The topological polar surface area (TPSA) is 42.7 Å². The van der Waals surface area contributed by atoms with Gasteiger partial charge < -0.3 is 9.15 Å². The molecule has 0 saturated carbocycles. The first kappa shape index (κ1) is 13.2. The smallest absolute Gasteiger partial charge is 0.340 e. The van der Waals surface area contributed by atoms with E-state index in [0.29, 0.717) is 30.0 Å². The van der Waals surface area contributed by atoms with Crippen LogP contribution in [0.15, 0.2) is 33.5 Å². The Balaban J connectivity index is 2.40. The fraction of sp³-hybridized carbons (Fsp3) is 0.267. The molecule has 0 aliphatic rings. The van der Waals surface area contributed by atoms with Crippen LogP contribution in [0.4, 0.5) is 0 Å². The van der Waals surface area contributed by atoms with Crippen molar-refractivity contribution < 1.29 is 9.15 Å². The van der Waals surface area contributed by atoms with Crippen LogP contribution in [-0.4, -0.2) is 25.6 Å². The molecule has 2 rings (SSSR count). The fourth-order valence-corrected chi connectivity index (χ4v) is 1.87. The molecule has 0 aliphatic carbocycles. The zero-order valence-electron chi connectivity index (χ0n) is 11.0. The van der Waals surface area contributed by atoms with Crippen LogP contribution in [0.25, 0.3) is 11.0 Å². The van der Waals surface area contributed by atoms with Crippen molar-refractivity contribution in [2.45, 2.75) is 6.54 Å². The van der Waals surface area contributed by atoms with Crippen LogP contribution in [0.1, 0.15) is 5.56 Å². The van der Waals surface area contributed by atoms with Crippen LogP contribution in [-0.2, 0) is 6.54 Å². The highest BCUT2D eigenvalue weighted by Gasteiger charge is 2.08. The van der Waals surface area contributed by atoms with E-state index in [1.54, 1.807) is 13.2 Å². The molecule has 1 heterocycles. The number of benzene rings is 1. The van der Waals surface area contributed by atoms with Crippen LogP contribution in [0.5, 0.6) is 5.75 Å². The van der Waals surface area contributed by atoms with Crippen LogP contribution < -0.4 is 10.4 Å². The first-order valence-electron chi connectivity index (χ1n) is 5.87. The van der Waals surface area contributed by atoms with Gasteiger partial charge in [-0.05, 0) is 25.2 Å². The molecule has 2 aromatic rings. The van der Waals surface area contributed by atoms with Crippen molar-refractivity contribution >= 4 is 11.0 Å². The Morgan fingerprint density at radius 2 is 2.21 bits per heavy atom. The Morgan fingerprint density at radius 1 is 1.42 bits per heavy atom. The first-order chi connectivity index (χ1) is 9.13. The molecule has 0 atom stereocenters. The molecule has 1 aromatic heterocycles. The fourth-order valence-electron chi connectivity index (χ4n) is 1.87. The maximum atomic E-state index is 11.9. The number of fused-ring (bicyclic) bond motifs is 1. The van der Waals surface area contributed by atoms with E-state index in [2.05, 4.69) is 5.92 Å². The molecule has 0 bridgehead atoms. The average Bonchev–Trinajstić information content (AvgIpc) is 2.39. The number of nitrogens with zero attached hydrogens (tertiary/aromatic N) is 1. The van der Waals surface area contributed by atoms with Crippen molar-refractivity contribution in [3.8, 4) is 18.1 Å². The second-order valence-corrected chi connectivity index (χ2v) is 4.34. The van der Waals surface area contributed by atoms with E-state index in [0.717, 1.165) is 5.39 Å². The Kier molecular flexibility index (Phi) is 3.88. The van der Waals surface area contributed by atoms with E-state index in [-0.39, 0.29) is 5.63 Å². The van der Waals surface area contributed by atoms with Gasteiger partial charge in [0.05, 0.1) is 19.2 Å². The first-order valence-corrected chi connectivity index (χ1v) is 5.87. The van der Waals surface area contributed by atoms with E-state index in [4.69, 9.17) is 15.6 Å². The van der Waals surface area contributed by atoms with E-state index >= 15 is 0 Å². The number of hydrogen-bond acceptors (Lipinski definition) is 4. The minimum Gasteiger partial charge on any atom is -0.497 e. The summed E-state index contributed by atoms with van der Waals surface area (Å²) >= 11 is 0. The molecule has 0 saturated heterocycles. The van der Waals surface area contributed by atoms with Gasteiger partial charge in [0.1, 0.15) is 11.3 Å². The maximum Gasteiger partial charge on any atom is 0.340 e.